The Morgan fingerprint density at radius 2 is 2.04 bits per heavy atom. The SMILES string of the molecule is COC(=O)c1ccc([C@H]2c3sc(=O)[nH]c3S[C@@H]3[C@@H]4C[C@@H]([C@@H]23)[C@H](C=O)C4)cc1. The van der Waals surface area contributed by atoms with Crippen LogP contribution in [0.3, 0.4) is 0 Å². The number of ether oxygens (including phenoxy) is 1. The van der Waals surface area contributed by atoms with Crippen molar-refractivity contribution >= 4 is 35.4 Å². The molecule has 3 aliphatic rings. The Balaban J connectivity index is 1.60. The number of carbonyl (C=O) groups excluding carboxylic acids is 2. The Morgan fingerprint density at radius 1 is 1.26 bits per heavy atom. The summed E-state index contributed by atoms with van der Waals surface area (Å²) < 4.78 is 4.79. The number of nitrogens with one attached hydrogen (secondary N) is 1. The summed E-state index contributed by atoms with van der Waals surface area (Å²) in [6.07, 6.45) is 3.21. The van der Waals surface area contributed by atoms with Crippen molar-refractivity contribution in [2.45, 2.75) is 29.0 Å². The summed E-state index contributed by atoms with van der Waals surface area (Å²) in [4.78, 5) is 39.5. The van der Waals surface area contributed by atoms with E-state index < -0.39 is 0 Å². The van der Waals surface area contributed by atoms with Crippen LogP contribution in [0.5, 0.6) is 0 Å². The van der Waals surface area contributed by atoms with Crippen molar-refractivity contribution < 1.29 is 14.3 Å². The molecule has 27 heavy (non-hydrogen) atoms. The fourth-order valence-electron chi connectivity index (χ4n) is 5.43. The number of benzene rings is 1. The Kier molecular flexibility index (Phi) is 4.05. The van der Waals surface area contributed by atoms with Gasteiger partial charge in [0.05, 0.1) is 17.7 Å². The lowest BCUT2D eigenvalue weighted by Gasteiger charge is -2.41. The number of H-pyrrole nitrogens is 1. The molecular formula is C20H19NO4S2. The number of esters is 1. The molecule has 1 aliphatic heterocycles. The predicted molar refractivity (Wildman–Crippen MR) is 103 cm³/mol. The van der Waals surface area contributed by atoms with Gasteiger partial charge in [0, 0.05) is 22.0 Å². The summed E-state index contributed by atoms with van der Waals surface area (Å²) in [5.41, 5.74) is 1.62. The third-order valence-corrected chi connectivity index (χ3v) is 9.09. The normalized spacial score (nSPS) is 33.4. The van der Waals surface area contributed by atoms with E-state index in [1.54, 1.807) is 23.9 Å². The lowest BCUT2D eigenvalue weighted by Crippen LogP contribution is -2.37. The van der Waals surface area contributed by atoms with Gasteiger partial charge >= 0.3 is 10.8 Å². The minimum atomic E-state index is -0.355. The van der Waals surface area contributed by atoms with Crippen molar-refractivity contribution in [3.63, 3.8) is 0 Å². The molecule has 2 bridgehead atoms. The van der Waals surface area contributed by atoms with Crippen LogP contribution in [0.25, 0.3) is 0 Å². The molecule has 1 aromatic carbocycles. The minimum Gasteiger partial charge on any atom is -0.465 e. The van der Waals surface area contributed by atoms with Crippen LogP contribution in [0.1, 0.15) is 39.6 Å². The number of rotatable bonds is 3. The molecule has 1 N–H and O–H groups in total. The molecule has 140 valence electrons. The number of aromatic nitrogens is 1. The van der Waals surface area contributed by atoms with E-state index in [0.717, 1.165) is 34.6 Å². The van der Waals surface area contributed by atoms with Crippen LogP contribution in [0.2, 0.25) is 0 Å². The molecule has 1 aromatic heterocycles. The number of aromatic amines is 1. The van der Waals surface area contributed by atoms with Crippen molar-refractivity contribution in [3.05, 3.63) is 49.9 Å². The third kappa shape index (κ3) is 2.55. The fourth-order valence-corrected chi connectivity index (χ4v) is 8.28. The van der Waals surface area contributed by atoms with Crippen molar-refractivity contribution in [2.75, 3.05) is 7.11 Å². The topological polar surface area (TPSA) is 76.2 Å². The number of fused-ring (bicyclic) bond motifs is 6. The van der Waals surface area contributed by atoms with Gasteiger partial charge < -0.3 is 14.5 Å². The summed E-state index contributed by atoms with van der Waals surface area (Å²) in [6.45, 7) is 0. The van der Waals surface area contributed by atoms with Crippen LogP contribution in [-0.4, -0.2) is 29.6 Å². The summed E-state index contributed by atoms with van der Waals surface area (Å²) in [7, 11) is 1.37. The van der Waals surface area contributed by atoms with Gasteiger partial charge in [0.1, 0.15) is 6.29 Å². The van der Waals surface area contributed by atoms with Gasteiger partial charge in [-0.25, -0.2) is 4.79 Å². The van der Waals surface area contributed by atoms with E-state index in [0.29, 0.717) is 28.6 Å². The molecule has 0 saturated heterocycles. The second-order valence-corrected chi connectivity index (χ2v) is 9.86. The maximum absolute atomic E-state index is 12.1. The molecule has 2 fully saturated rings. The first kappa shape index (κ1) is 17.3. The summed E-state index contributed by atoms with van der Waals surface area (Å²) in [5, 5.41) is 1.43. The van der Waals surface area contributed by atoms with Gasteiger partial charge in [-0.3, -0.25) is 4.79 Å². The molecule has 0 radical (unpaired) electrons. The lowest BCUT2D eigenvalue weighted by molar-refractivity contribution is -0.113. The highest BCUT2D eigenvalue weighted by atomic mass is 32.2. The molecule has 0 amide bonds. The van der Waals surface area contributed by atoms with Crippen LogP contribution in [0.4, 0.5) is 0 Å². The molecule has 7 heteroatoms. The molecule has 2 saturated carbocycles. The zero-order valence-electron chi connectivity index (χ0n) is 14.7. The zero-order valence-corrected chi connectivity index (χ0v) is 16.3. The lowest BCUT2D eigenvalue weighted by atomic mass is 9.71. The third-order valence-electron chi connectivity index (χ3n) is 6.47. The van der Waals surface area contributed by atoms with Gasteiger partial charge in [0.2, 0.25) is 0 Å². The van der Waals surface area contributed by atoms with Crippen LogP contribution in [0, 0.1) is 23.7 Å². The van der Waals surface area contributed by atoms with Crippen LogP contribution >= 0.6 is 23.1 Å². The highest BCUT2D eigenvalue weighted by Crippen LogP contribution is 2.64. The molecule has 5 nitrogen and oxygen atoms in total. The predicted octanol–water partition coefficient (Wildman–Crippen LogP) is 3.30. The molecule has 2 aromatic rings. The van der Waals surface area contributed by atoms with Gasteiger partial charge in [-0.05, 0) is 48.3 Å². The average molecular weight is 402 g/mol. The number of hydrogen-bond donors (Lipinski definition) is 1. The van der Waals surface area contributed by atoms with Crippen LogP contribution < -0.4 is 4.87 Å². The Morgan fingerprint density at radius 3 is 2.74 bits per heavy atom. The van der Waals surface area contributed by atoms with Crippen LogP contribution in [-0.2, 0) is 9.53 Å². The first-order chi connectivity index (χ1) is 13.1. The zero-order chi connectivity index (χ0) is 18.7. The van der Waals surface area contributed by atoms with Crippen molar-refractivity contribution in [1.82, 2.24) is 4.98 Å². The largest absolute Gasteiger partial charge is 0.465 e. The maximum Gasteiger partial charge on any atom is 0.337 e. The first-order valence-corrected chi connectivity index (χ1v) is 10.8. The summed E-state index contributed by atoms with van der Waals surface area (Å²) >= 11 is 3.08. The highest BCUT2D eigenvalue weighted by molar-refractivity contribution is 8.00. The highest BCUT2D eigenvalue weighted by Gasteiger charge is 2.58. The van der Waals surface area contributed by atoms with Crippen molar-refractivity contribution in [3.8, 4) is 0 Å². The smallest absolute Gasteiger partial charge is 0.337 e. The molecule has 2 heterocycles. The summed E-state index contributed by atoms with van der Waals surface area (Å²) in [5.74, 6) is 1.14. The van der Waals surface area contributed by atoms with E-state index in [2.05, 4.69) is 4.98 Å². The van der Waals surface area contributed by atoms with Crippen LogP contribution in [0.15, 0.2) is 34.1 Å². The first-order valence-electron chi connectivity index (χ1n) is 9.14. The minimum absolute atomic E-state index is 0.0251. The second-order valence-electron chi connectivity index (χ2n) is 7.65. The number of hydrogen-bond acceptors (Lipinski definition) is 6. The molecule has 2 aliphatic carbocycles. The van der Waals surface area contributed by atoms with Gasteiger partial charge in [0.15, 0.2) is 0 Å². The van der Waals surface area contributed by atoms with Gasteiger partial charge in [-0.2, -0.15) is 0 Å². The fraction of sp³-hybridized carbons (Fsp3) is 0.450. The van der Waals surface area contributed by atoms with Crippen molar-refractivity contribution in [2.24, 2.45) is 23.7 Å². The van der Waals surface area contributed by atoms with Crippen molar-refractivity contribution in [1.29, 1.82) is 0 Å². The van der Waals surface area contributed by atoms with E-state index in [1.807, 2.05) is 12.1 Å². The van der Waals surface area contributed by atoms with E-state index in [-0.39, 0.29) is 22.7 Å². The second kappa shape index (κ2) is 6.34. The number of thiazole rings is 1. The Bertz CT molecular complexity index is 963. The van der Waals surface area contributed by atoms with Gasteiger partial charge in [-0.1, -0.05) is 23.5 Å². The number of carbonyl (C=O) groups is 2. The Hall–Kier alpha value is -1.86. The van der Waals surface area contributed by atoms with E-state index in [4.69, 9.17) is 4.74 Å². The Labute approximate surface area is 164 Å². The monoisotopic (exact) mass is 401 g/mol. The van der Waals surface area contributed by atoms with E-state index in [9.17, 15) is 14.4 Å². The standard InChI is InChI=1S/C20H19NO4S2/c1-25-19(23)10-4-2-9(3-5-10)14-15-13-7-11(6-12(13)8-22)16(15)26-18-17(14)27-20(24)21-18/h2-5,8,11-16H,6-7H2,1H3,(H,21,24)/t11-,12-,13+,14+,15-,16+/m0/s1. The molecule has 5 rings (SSSR count). The van der Waals surface area contributed by atoms with E-state index in [1.165, 1.54) is 18.4 Å². The maximum atomic E-state index is 12.1. The summed E-state index contributed by atoms with van der Waals surface area (Å²) in [6, 6.07) is 7.52. The number of methoxy groups -OCH3 is 1. The van der Waals surface area contributed by atoms with Gasteiger partial charge in [0.25, 0.3) is 0 Å². The molecule has 6 atom stereocenters. The molecular weight excluding hydrogens is 382 g/mol. The molecule has 0 unspecified atom stereocenters. The van der Waals surface area contributed by atoms with E-state index >= 15 is 0 Å². The quantitative estimate of drug-likeness (QED) is 0.631. The van der Waals surface area contributed by atoms with Gasteiger partial charge in [-0.15, -0.1) is 11.8 Å². The number of aldehydes is 1. The molecule has 0 spiro atoms. The average Bonchev–Trinajstić information content (AvgIpc) is 3.37. The number of thioether (sulfide) groups is 1.